The number of fused-ring (bicyclic) bond motifs is 1. The average molecular weight is 345 g/mol. The van der Waals surface area contributed by atoms with Crippen molar-refractivity contribution in [2.75, 3.05) is 13.1 Å². The molecule has 0 fully saturated rings. The first-order chi connectivity index (χ1) is 11.6. The highest BCUT2D eigenvalue weighted by Crippen LogP contribution is 2.30. The van der Waals surface area contributed by atoms with Crippen molar-refractivity contribution >= 4 is 23.4 Å². The van der Waals surface area contributed by atoms with Crippen molar-refractivity contribution in [2.24, 2.45) is 0 Å². The quantitative estimate of drug-likeness (QED) is 0.817. The molecule has 2 amide bonds. The van der Waals surface area contributed by atoms with E-state index in [9.17, 15) is 9.59 Å². The third kappa shape index (κ3) is 3.86. The number of carbonyl (C=O) groups is 2. The summed E-state index contributed by atoms with van der Waals surface area (Å²) in [7, 11) is 0. The average Bonchev–Trinajstić information content (AvgIpc) is 3.02. The minimum atomic E-state index is -0.553. The summed E-state index contributed by atoms with van der Waals surface area (Å²) in [5, 5.41) is 6.15. The van der Waals surface area contributed by atoms with Crippen molar-refractivity contribution in [3.63, 3.8) is 0 Å². The molecule has 2 N–H and O–H groups in total. The van der Waals surface area contributed by atoms with Gasteiger partial charge in [-0.3, -0.25) is 9.59 Å². The highest BCUT2D eigenvalue weighted by molar-refractivity contribution is 6.30. The van der Waals surface area contributed by atoms with Crippen LogP contribution in [0.4, 0.5) is 0 Å². The van der Waals surface area contributed by atoms with E-state index in [1.165, 1.54) is 0 Å². The molecule has 0 aromatic heterocycles. The Morgan fingerprint density at radius 1 is 1.08 bits per heavy atom. The monoisotopic (exact) mass is 344 g/mol. The summed E-state index contributed by atoms with van der Waals surface area (Å²) < 4.78 is 5.61. The summed E-state index contributed by atoms with van der Waals surface area (Å²) in [6.45, 7) is 0.694. The molecule has 0 saturated heterocycles. The number of amides is 2. The highest BCUT2D eigenvalue weighted by atomic mass is 35.5. The molecule has 24 heavy (non-hydrogen) atoms. The smallest absolute Gasteiger partial charge is 0.261 e. The Hall–Kier alpha value is -2.53. The Labute approximate surface area is 145 Å². The lowest BCUT2D eigenvalue weighted by Crippen LogP contribution is -2.41. The van der Waals surface area contributed by atoms with E-state index >= 15 is 0 Å². The van der Waals surface area contributed by atoms with Crippen LogP contribution in [0.5, 0.6) is 5.75 Å². The minimum Gasteiger partial charge on any atom is -0.480 e. The SMILES string of the molecule is O=C(NCCNC(=O)C1Cc2cc(Cl)ccc2O1)c1ccccc1. The van der Waals surface area contributed by atoms with Gasteiger partial charge in [0.1, 0.15) is 5.75 Å². The molecule has 1 atom stereocenters. The Balaban J connectivity index is 1.42. The van der Waals surface area contributed by atoms with E-state index in [4.69, 9.17) is 16.3 Å². The molecule has 1 heterocycles. The van der Waals surface area contributed by atoms with Crippen molar-refractivity contribution in [1.29, 1.82) is 0 Å². The summed E-state index contributed by atoms with van der Waals surface area (Å²) in [6.07, 6.45) is -0.0544. The largest absolute Gasteiger partial charge is 0.480 e. The standard InChI is InChI=1S/C18H17ClN2O3/c19-14-6-7-15-13(10-14)11-16(24-15)18(23)21-9-8-20-17(22)12-4-2-1-3-5-12/h1-7,10,16H,8-9,11H2,(H,20,22)(H,21,23). The molecule has 0 bridgehead atoms. The van der Waals surface area contributed by atoms with Gasteiger partial charge in [0.2, 0.25) is 0 Å². The predicted octanol–water partition coefficient (Wildman–Crippen LogP) is 2.19. The first-order valence-electron chi connectivity index (χ1n) is 7.69. The number of ether oxygens (including phenoxy) is 1. The topological polar surface area (TPSA) is 67.4 Å². The molecule has 3 rings (SSSR count). The second-order valence-electron chi connectivity index (χ2n) is 5.48. The van der Waals surface area contributed by atoms with Gasteiger partial charge in [-0.25, -0.2) is 0 Å². The highest BCUT2D eigenvalue weighted by Gasteiger charge is 2.28. The molecule has 5 nitrogen and oxygen atoms in total. The van der Waals surface area contributed by atoms with Crippen LogP contribution in [0.2, 0.25) is 5.02 Å². The Morgan fingerprint density at radius 3 is 2.62 bits per heavy atom. The number of hydrogen-bond acceptors (Lipinski definition) is 3. The van der Waals surface area contributed by atoms with Crippen LogP contribution in [-0.2, 0) is 11.2 Å². The molecule has 1 unspecified atom stereocenters. The normalized spacial score (nSPS) is 15.3. The number of rotatable bonds is 5. The van der Waals surface area contributed by atoms with Gasteiger partial charge in [-0.2, -0.15) is 0 Å². The molecule has 124 valence electrons. The molecule has 0 saturated carbocycles. The van der Waals surface area contributed by atoms with E-state index in [-0.39, 0.29) is 11.8 Å². The zero-order valence-corrected chi connectivity index (χ0v) is 13.7. The molecule has 0 spiro atoms. The van der Waals surface area contributed by atoms with Crippen LogP contribution in [0.3, 0.4) is 0 Å². The van der Waals surface area contributed by atoms with Crippen molar-refractivity contribution in [3.05, 3.63) is 64.7 Å². The molecule has 2 aromatic rings. The van der Waals surface area contributed by atoms with E-state index in [0.717, 1.165) is 5.56 Å². The van der Waals surface area contributed by atoms with Crippen molar-refractivity contribution in [3.8, 4) is 5.75 Å². The summed E-state index contributed by atoms with van der Waals surface area (Å²) in [5.74, 6) is 0.331. The molecule has 0 radical (unpaired) electrons. The van der Waals surface area contributed by atoms with Crippen LogP contribution in [0.15, 0.2) is 48.5 Å². The summed E-state index contributed by atoms with van der Waals surface area (Å²) >= 11 is 5.94. The van der Waals surface area contributed by atoms with E-state index in [1.54, 1.807) is 36.4 Å². The maximum atomic E-state index is 12.1. The number of halogens is 1. The molecule has 1 aliphatic rings. The lowest BCUT2D eigenvalue weighted by atomic mass is 10.1. The van der Waals surface area contributed by atoms with Gasteiger partial charge < -0.3 is 15.4 Å². The fourth-order valence-corrected chi connectivity index (χ4v) is 2.73. The van der Waals surface area contributed by atoms with Gasteiger partial charge in [0.25, 0.3) is 11.8 Å². The lowest BCUT2D eigenvalue weighted by Gasteiger charge is -2.11. The molecular formula is C18H17ClN2O3. The number of benzene rings is 2. The predicted molar refractivity (Wildman–Crippen MR) is 91.4 cm³/mol. The van der Waals surface area contributed by atoms with Gasteiger partial charge in [0.05, 0.1) is 0 Å². The van der Waals surface area contributed by atoms with Gasteiger partial charge in [-0.05, 0) is 35.9 Å². The Morgan fingerprint density at radius 2 is 1.83 bits per heavy atom. The van der Waals surface area contributed by atoms with Crippen LogP contribution in [0, 0.1) is 0 Å². The Kier molecular flexibility index (Phi) is 5.01. The first-order valence-corrected chi connectivity index (χ1v) is 8.07. The fourth-order valence-electron chi connectivity index (χ4n) is 2.53. The van der Waals surface area contributed by atoms with E-state index in [2.05, 4.69) is 10.6 Å². The first kappa shape index (κ1) is 16.3. The van der Waals surface area contributed by atoms with Gasteiger partial charge in [0, 0.05) is 30.1 Å². The zero-order chi connectivity index (χ0) is 16.9. The van der Waals surface area contributed by atoms with Crippen LogP contribution in [-0.4, -0.2) is 31.0 Å². The van der Waals surface area contributed by atoms with Crippen molar-refractivity contribution in [2.45, 2.75) is 12.5 Å². The van der Waals surface area contributed by atoms with Crippen LogP contribution >= 0.6 is 11.6 Å². The third-order valence-corrected chi connectivity index (χ3v) is 3.97. The maximum Gasteiger partial charge on any atom is 0.261 e. The van der Waals surface area contributed by atoms with Crippen LogP contribution in [0.1, 0.15) is 15.9 Å². The summed E-state index contributed by atoms with van der Waals surface area (Å²) in [6, 6.07) is 14.3. The Bertz CT molecular complexity index is 749. The van der Waals surface area contributed by atoms with Gasteiger partial charge in [-0.15, -0.1) is 0 Å². The number of hydrogen-bond donors (Lipinski definition) is 2. The van der Waals surface area contributed by atoms with Crippen molar-refractivity contribution < 1.29 is 14.3 Å². The molecule has 1 aliphatic heterocycles. The van der Waals surface area contributed by atoms with E-state index in [1.807, 2.05) is 12.1 Å². The fraction of sp³-hybridized carbons (Fsp3) is 0.222. The number of carbonyl (C=O) groups excluding carboxylic acids is 2. The third-order valence-electron chi connectivity index (χ3n) is 3.74. The molecule has 2 aromatic carbocycles. The maximum absolute atomic E-state index is 12.1. The van der Waals surface area contributed by atoms with Gasteiger partial charge in [0.15, 0.2) is 6.10 Å². The van der Waals surface area contributed by atoms with Crippen molar-refractivity contribution in [1.82, 2.24) is 10.6 Å². The second-order valence-corrected chi connectivity index (χ2v) is 5.91. The second kappa shape index (κ2) is 7.36. The molecule has 0 aliphatic carbocycles. The lowest BCUT2D eigenvalue weighted by molar-refractivity contribution is -0.127. The zero-order valence-electron chi connectivity index (χ0n) is 12.9. The van der Waals surface area contributed by atoms with Gasteiger partial charge >= 0.3 is 0 Å². The minimum absolute atomic E-state index is 0.163. The summed E-state index contributed by atoms with van der Waals surface area (Å²) in [5.41, 5.74) is 1.52. The van der Waals surface area contributed by atoms with Gasteiger partial charge in [-0.1, -0.05) is 29.8 Å². The molecular weight excluding hydrogens is 328 g/mol. The van der Waals surface area contributed by atoms with E-state index < -0.39 is 6.10 Å². The van der Waals surface area contributed by atoms with Crippen LogP contribution in [0.25, 0.3) is 0 Å². The summed E-state index contributed by atoms with van der Waals surface area (Å²) in [4.78, 5) is 24.0. The number of nitrogens with one attached hydrogen (secondary N) is 2. The van der Waals surface area contributed by atoms with E-state index in [0.29, 0.717) is 35.8 Å². The van der Waals surface area contributed by atoms with Crippen LogP contribution < -0.4 is 15.4 Å². The molecule has 6 heteroatoms.